The Morgan fingerprint density at radius 3 is 2.50 bits per heavy atom. The first-order valence-electron chi connectivity index (χ1n) is 5.06. The van der Waals surface area contributed by atoms with Crippen LogP contribution in [0.4, 0.5) is 0 Å². The fourth-order valence-electron chi connectivity index (χ4n) is 0.980. The predicted octanol–water partition coefficient (Wildman–Crippen LogP) is 2.17. The molecule has 0 heterocycles. The summed E-state index contributed by atoms with van der Waals surface area (Å²) in [7, 11) is 0. The molecule has 92 valence electrons. The number of hydrogen-bond acceptors (Lipinski definition) is 6. The van der Waals surface area contributed by atoms with Gasteiger partial charge in [-0.15, -0.1) is 11.8 Å². The lowest BCUT2D eigenvalue weighted by molar-refractivity contribution is 0.282. The molecule has 3 nitrogen and oxygen atoms in total. The average molecular weight is 279 g/mol. The first kappa shape index (κ1) is 16.2. The first-order valence-corrected chi connectivity index (χ1v) is 7.28. The molecule has 1 unspecified atom stereocenters. The molecule has 0 spiro atoms. The van der Waals surface area contributed by atoms with E-state index in [1.54, 1.807) is 0 Å². The average Bonchev–Trinajstić information content (AvgIpc) is 2.27. The third kappa shape index (κ3) is 7.47. The van der Waals surface area contributed by atoms with Crippen molar-refractivity contribution in [2.24, 2.45) is 0 Å². The van der Waals surface area contributed by atoms with Gasteiger partial charge in [-0.1, -0.05) is 24.0 Å². The van der Waals surface area contributed by atoms with E-state index < -0.39 is 4.75 Å². The summed E-state index contributed by atoms with van der Waals surface area (Å²) in [5.41, 5.74) is 0. The number of rotatable bonds is 7. The molecule has 0 aliphatic heterocycles. The lowest BCUT2D eigenvalue weighted by Crippen LogP contribution is -2.19. The number of thiocarbonyl (C=S) groups is 1. The number of aliphatic hydroxyl groups excluding tert-OH is 2. The summed E-state index contributed by atoms with van der Waals surface area (Å²) in [5.74, 6) is 0.782. The van der Waals surface area contributed by atoms with E-state index >= 15 is 0 Å². The van der Waals surface area contributed by atoms with Crippen LogP contribution in [0.3, 0.4) is 0 Å². The van der Waals surface area contributed by atoms with Crippen LogP contribution in [0, 0.1) is 11.3 Å². The summed E-state index contributed by atoms with van der Waals surface area (Å²) < 4.78 is 0.182. The summed E-state index contributed by atoms with van der Waals surface area (Å²) in [4.78, 5) is 0. The van der Waals surface area contributed by atoms with Gasteiger partial charge >= 0.3 is 0 Å². The van der Waals surface area contributed by atoms with Crippen molar-refractivity contribution in [2.45, 2.75) is 30.9 Å². The highest BCUT2D eigenvalue weighted by Gasteiger charge is 2.26. The standard InChI is InChI=1S/C10H17NO2S3/c1-10(8-11,4-2-5-12)16-9(14)15-7-3-6-13/h12-13H,2-7H2,1H3. The highest BCUT2D eigenvalue weighted by molar-refractivity contribution is 8.47. The molecule has 0 aromatic carbocycles. The largest absolute Gasteiger partial charge is 0.396 e. The van der Waals surface area contributed by atoms with E-state index in [1.807, 2.05) is 6.92 Å². The monoisotopic (exact) mass is 279 g/mol. The Hall–Kier alpha value is 0.200. The Morgan fingerprint density at radius 1 is 1.38 bits per heavy atom. The zero-order chi connectivity index (χ0) is 12.4. The van der Waals surface area contributed by atoms with Crippen LogP contribution in [0.15, 0.2) is 0 Å². The fourth-order valence-corrected chi connectivity index (χ4v) is 3.92. The number of thioether (sulfide) groups is 2. The topological polar surface area (TPSA) is 64.2 Å². The van der Waals surface area contributed by atoms with Crippen molar-refractivity contribution in [1.29, 1.82) is 5.26 Å². The van der Waals surface area contributed by atoms with Gasteiger partial charge in [-0.3, -0.25) is 0 Å². The second-order valence-electron chi connectivity index (χ2n) is 3.45. The van der Waals surface area contributed by atoms with Crippen molar-refractivity contribution in [3.63, 3.8) is 0 Å². The number of nitriles is 1. The van der Waals surface area contributed by atoms with Gasteiger partial charge in [0.2, 0.25) is 0 Å². The Bertz CT molecular complexity index is 255. The third-order valence-electron chi connectivity index (χ3n) is 1.88. The molecule has 0 aliphatic carbocycles. The molecular formula is C10H17NO2S3. The van der Waals surface area contributed by atoms with E-state index in [-0.39, 0.29) is 13.2 Å². The molecule has 2 N–H and O–H groups in total. The van der Waals surface area contributed by atoms with Gasteiger partial charge < -0.3 is 10.2 Å². The number of aliphatic hydroxyl groups is 2. The molecule has 0 saturated heterocycles. The molecule has 0 radical (unpaired) electrons. The Balaban J connectivity index is 4.01. The Labute approximate surface area is 111 Å². The molecule has 0 rings (SSSR count). The van der Waals surface area contributed by atoms with Gasteiger partial charge in [0, 0.05) is 19.0 Å². The van der Waals surface area contributed by atoms with E-state index in [1.165, 1.54) is 23.5 Å². The van der Waals surface area contributed by atoms with Crippen molar-refractivity contribution in [3.05, 3.63) is 0 Å². The number of nitrogens with zero attached hydrogens (tertiary/aromatic N) is 1. The molecule has 0 saturated carbocycles. The van der Waals surface area contributed by atoms with Crippen LogP contribution >= 0.6 is 35.7 Å². The summed E-state index contributed by atoms with van der Waals surface area (Å²) in [6.45, 7) is 2.11. The van der Waals surface area contributed by atoms with Gasteiger partial charge in [0.05, 0.1) is 6.07 Å². The minimum absolute atomic E-state index is 0.0995. The van der Waals surface area contributed by atoms with Gasteiger partial charge in [0.15, 0.2) is 0 Å². The summed E-state index contributed by atoms with van der Waals surface area (Å²) in [6, 6.07) is 2.24. The SMILES string of the molecule is CC(C#N)(CCCO)SC(=S)SCCCO. The third-order valence-corrected chi connectivity index (χ3v) is 4.73. The molecule has 0 amide bonds. The van der Waals surface area contributed by atoms with Gasteiger partial charge in [-0.25, -0.2) is 0 Å². The molecule has 16 heavy (non-hydrogen) atoms. The second-order valence-corrected chi connectivity index (χ2v) is 7.25. The minimum atomic E-state index is -0.550. The first-order chi connectivity index (χ1) is 7.58. The van der Waals surface area contributed by atoms with Crippen LogP contribution in [0.2, 0.25) is 0 Å². The van der Waals surface area contributed by atoms with E-state index in [4.69, 9.17) is 27.7 Å². The zero-order valence-corrected chi connectivity index (χ0v) is 11.8. The maximum absolute atomic E-state index is 9.07. The zero-order valence-electron chi connectivity index (χ0n) is 9.31. The van der Waals surface area contributed by atoms with Crippen molar-refractivity contribution < 1.29 is 10.2 Å². The lowest BCUT2D eigenvalue weighted by Gasteiger charge is -2.20. The van der Waals surface area contributed by atoms with Crippen LogP contribution in [0.1, 0.15) is 26.2 Å². The summed E-state index contributed by atoms with van der Waals surface area (Å²) >= 11 is 8.04. The van der Waals surface area contributed by atoms with E-state index in [9.17, 15) is 0 Å². The van der Waals surface area contributed by atoms with Gasteiger partial charge in [-0.2, -0.15) is 5.26 Å². The highest BCUT2D eigenvalue weighted by Crippen LogP contribution is 2.34. The van der Waals surface area contributed by atoms with Crippen molar-refractivity contribution in [1.82, 2.24) is 0 Å². The summed E-state index contributed by atoms with van der Waals surface area (Å²) in [6.07, 6.45) is 1.96. The van der Waals surface area contributed by atoms with Gasteiger partial charge in [0.1, 0.15) is 8.28 Å². The molecule has 1 atom stereocenters. The molecule has 6 heteroatoms. The van der Waals surface area contributed by atoms with Crippen LogP contribution in [0.25, 0.3) is 0 Å². The Kier molecular flexibility index (Phi) is 9.37. The van der Waals surface area contributed by atoms with E-state index in [0.29, 0.717) is 19.3 Å². The van der Waals surface area contributed by atoms with Crippen molar-refractivity contribution in [2.75, 3.05) is 19.0 Å². The molecule has 0 aromatic rings. The molecule has 0 aromatic heterocycles. The smallest absolute Gasteiger partial charge is 0.106 e. The maximum Gasteiger partial charge on any atom is 0.106 e. The van der Waals surface area contributed by atoms with Crippen LogP contribution in [-0.2, 0) is 0 Å². The lowest BCUT2D eigenvalue weighted by atomic mass is 10.1. The Morgan fingerprint density at radius 2 is 2.00 bits per heavy atom. The van der Waals surface area contributed by atoms with Crippen LogP contribution in [0.5, 0.6) is 0 Å². The fraction of sp³-hybridized carbons (Fsp3) is 0.800. The van der Waals surface area contributed by atoms with E-state index in [0.717, 1.165) is 9.28 Å². The quantitative estimate of drug-likeness (QED) is 0.550. The molecule has 0 aliphatic rings. The maximum atomic E-state index is 9.07. The molecular weight excluding hydrogens is 262 g/mol. The minimum Gasteiger partial charge on any atom is -0.396 e. The van der Waals surface area contributed by atoms with Gasteiger partial charge in [-0.05, 0) is 26.2 Å². The summed E-state index contributed by atoms with van der Waals surface area (Å²) in [5, 5.41) is 26.4. The van der Waals surface area contributed by atoms with Gasteiger partial charge in [0.25, 0.3) is 0 Å². The second kappa shape index (κ2) is 9.25. The predicted molar refractivity (Wildman–Crippen MR) is 74.7 cm³/mol. The molecule has 0 bridgehead atoms. The van der Waals surface area contributed by atoms with Crippen molar-refractivity contribution in [3.8, 4) is 6.07 Å². The highest BCUT2D eigenvalue weighted by atomic mass is 32.2. The van der Waals surface area contributed by atoms with Crippen molar-refractivity contribution >= 4 is 39.3 Å². The van der Waals surface area contributed by atoms with Crippen LogP contribution in [-0.4, -0.2) is 37.5 Å². The van der Waals surface area contributed by atoms with Crippen LogP contribution < -0.4 is 0 Å². The molecule has 0 fully saturated rings. The normalized spacial score (nSPS) is 14.1. The van der Waals surface area contributed by atoms with E-state index in [2.05, 4.69) is 6.07 Å². The number of hydrogen-bond donors (Lipinski definition) is 2.